The van der Waals surface area contributed by atoms with Gasteiger partial charge >= 0.3 is 0 Å². The van der Waals surface area contributed by atoms with Crippen molar-refractivity contribution in [2.24, 2.45) is 11.8 Å². The lowest BCUT2D eigenvalue weighted by Gasteiger charge is -2.39. The number of carbonyl (C=O) groups is 1. The molecule has 0 radical (unpaired) electrons. The van der Waals surface area contributed by atoms with Crippen molar-refractivity contribution >= 4 is 33.4 Å². The van der Waals surface area contributed by atoms with E-state index in [9.17, 15) is 13.2 Å². The average molecular weight is 369 g/mol. The van der Waals surface area contributed by atoms with Crippen LogP contribution in [0.1, 0.15) is 33.1 Å². The molecule has 5 nitrogen and oxygen atoms in total. The molecule has 1 heterocycles. The Bertz CT molecular complexity index is 748. The van der Waals surface area contributed by atoms with E-state index in [2.05, 4.69) is 19.2 Å². The summed E-state index contributed by atoms with van der Waals surface area (Å²) in [7, 11) is -1.89. The molecule has 0 aromatic heterocycles. The lowest BCUT2D eigenvalue weighted by atomic mass is 9.78. The zero-order valence-corrected chi connectivity index (χ0v) is 15.9. The van der Waals surface area contributed by atoms with Crippen LogP contribution in [0.3, 0.4) is 0 Å². The quantitative estimate of drug-likeness (QED) is 0.890. The van der Waals surface area contributed by atoms with Crippen LogP contribution in [0.5, 0.6) is 0 Å². The normalized spacial score (nSPS) is 27.7. The SMILES string of the molecule is C[C@@H]1[C@H](C)CCC[C@H]1N(C)S(=O)(=O)c1ccc2c(c1)NC(=O)CS2. The highest BCUT2D eigenvalue weighted by Gasteiger charge is 2.36. The summed E-state index contributed by atoms with van der Waals surface area (Å²) in [6, 6.07) is 5.04. The second-order valence-electron chi connectivity index (χ2n) is 6.85. The minimum absolute atomic E-state index is 0.0266. The molecule has 1 amide bonds. The van der Waals surface area contributed by atoms with Gasteiger partial charge in [-0.1, -0.05) is 26.7 Å². The van der Waals surface area contributed by atoms with Gasteiger partial charge in [-0.3, -0.25) is 4.79 Å². The van der Waals surface area contributed by atoms with Crippen molar-refractivity contribution in [3.8, 4) is 0 Å². The molecule has 1 aromatic rings. The molecule has 1 saturated carbocycles. The number of hydrogen-bond donors (Lipinski definition) is 1. The third-order valence-electron chi connectivity index (χ3n) is 5.39. The predicted molar refractivity (Wildman–Crippen MR) is 96.7 cm³/mol. The number of amides is 1. The Morgan fingerprint density at radius 2 is 2.00 bits per heavy atom. The third kappa shape index (κ3) is 3.21. The van der Waals surface area contributed by atoms with Crippen molar-refractivity contribution in [3.05, 3.63) is 18.2 Å². The molecule has 0 saturated heterocycles. The van der Waals surface area contributed by atoms with Gasteiger partial charge in [0.1, 0.15) is 0 Å². The first-order chi connectivity index (χ1) is 11.3. The summed E-state index contributed by atoms with van der Waals surface area (Å²) >= 11 is 1.43. The molecule has 1 aliphatic heterocycles. The first kappa shape index (κ1) is 17.8. The fourth-order valence-electron chi connectivity index (χ4n) is 3.63. The van der Waals surface area contributed by atoms with E-state index < -0.39 is 10.0 Å². The molecule has 0 bridgehead atoms. The van der Waals surface area contributed by atoms with Crippen LogP contribution in [0.25, 0.3) is 0 Å². The van der Waals surface area contributed by atoms with Crippen LogP contribution >= 0.6 is 11.8 Å². The number of anilines is 1. The number of hydrogen-bond acceptors (Lipinski definition) is 4. The Kier molecular flexibility index (Phi) is 4.95. The highest BCUT2D eigenvalue weighted by molar-refractivity contribution is 8.00. The summed E-state index contributed by atoms with van der Waals surface area (Å²) in [5.74, 6) is 1.15. The van der Waals surface area contributed by atoms with Gasteiger partial charge in [-0.05, 0) is 36.5 Å². The molecule has 24 heavy (non-hydrogen) atoms. The number of sulfonamides is 1. The van der Waals surface area contributed by atoms with Gasteiger partial charge in [-0.15, -0.1) is 11.8 Å². The number of thioether (sulfide) groups is 1. The molecule has 132 valence electrons. The zero-order valence-electron chi connectivity index (χ0n) is 14.3. The third-order valence-corrected chi connectivity index (χ3v) is 8.34. The number of fused-ring (bicyclic) bond motifs is 1. The summed E-state index contributed by atoms with van der Waals surface area (Å²) in [4.78, 5) is 12.7. The van der Waals surface area contributed by atoms with Crippen LogP contribution in [0.4, 0.5) is 5.69 Å². The van der Waals surface area contributed by atoms with E-state index in [1.807, 2.05) is 0 Å². The molecule has 7 heteroatoms. The topological polar surface area (TPSA) is 66.5 Å². The van der Waals surface area contributed by atoms with Gasteiger partial charge in [0.15, 0.2) is 0 Å². The molecule has 1 N–H and O–H groups in total. The van der Waals surface area contributed by atoms with Crippen molar-refractivity contribution in [2.45, 2.75) is 48.9 Å². The summed E-state index contributed by atoms with van der Waals surface area (Å²) < 4.78 is 27.6. The molecular weight excluding hydrogens is 344 g/mol. The summed E-state index contributed by atoms with van der Waals surface area (Å²) in [5, 5.41) is 2.76. The molecule has 0 spiro atoms. The van der Waals surface area contributed by atoms with Crippen molar-refractivity contribution in [3.63, 3.8) is 0 Å². The van der Waals surface area contributed by atoms with Crippen LogP contribution in [0.2, 0.25) is 0 Å². The van der Waals surface area contributed by atoms with Crippen LogP contribution in [0, 0.1) is 11.8 Å². The van der Waals surface area contributed by atoms with Crippen LogP contribution in [-0.4, -0.2) is 37.5 Å². The summed E-state index contributed by atoms with van der Waals surface area (Å²) in [5.41, 5.74) is 0.593. The highest BCUT2D eigenvalue weighted by atomic mass is 32.2. The number of nitrogens with one attached hydrogen (secondary N) is 1. The molecule has 1 aliphatic carbocycles. The molecule has 3 atom stereocenters. The fourth-order valence-corrected chi connectivity index (χ4v) is 5.92. The summed E-state index contributed by atoms with van der Waals surface area (Å²) in [6.07, 6.45) is 3.12. The minimum Gasteiger partial charge on any atom is -0.324 e. The first-order valence-corrected chi connectivity index (χ1v) is 10.8. The number of benzene rings is 1. The van der Waals surface area contributed by atoms with E-state index in [1.165, 1.54) is 16.1 Å². The van der Waals surface area contributed by atoms with Gasteiger partial charge in [0.25, 0.3) is 0 Å². The van der Waals surface area contributed by atoms with Crippen LogP contribution in [-0.2, 0) is 14.8 Å². The maximum absolute atomic E-state index is 13.1. The van der Waals surface area contributed by atoms with E-state index >= 15 is 0 Å². The molecular formula is C17H24N2O3S2. The Morgan fingerprint density at radius 1 is 1.25 bits per heavy atom. The number of rotatable bonds is 3. The molecule has 1 aromatic carbocycles. The van der Waals surface area contributed by atoms with Gasteiger partial charge in [-0.2, -0.15) is 4.31 Å². The van der Waals surface area contributed by atoms with Crippen LogP contribution in [0.15, 0.2) is 28.0 Å². The Hall–Kier alpha value is -1.05. The Balaban J connectivity index is 1.90. The largest absolute Gasteiger partial charge is 0.324 e. The van der Waals surface area contributed by atoms with E-state index in [0.717, 1.165) is 24.2 Å². The van der Waals surface area contributed by atoms with E-state index in [0.29, 0.717) is 23.3 Å². The number of nitrogens with zero attached hydrogens (tertiary/aromatic N) is 1. The van der Waals surface area contributed by atoms with E-state index in [-0.39, 0.29) is 16.8 Å². The van der Waals surface area contributed by atoms with Crippen molar-refractivity contribution in [2.75, 3.05) is 18.1 Å². The number of carbonyl (C=O) groups excluding carboxylic acids is 1. The zero-order chi connectivity index (χ0) is 17.5. The lowest BCUT2D eigenvalue weighted by molar-refractivity contribution is -0.113. The smallest absolute Gasteiger partial charge is 0.243 e. The maximum atomic E-state index is 13.1. The van der Waals surface area contributed by atoms with Crippen molar-refractivity contribution in [1.29, 1.82) is 0 Å². The summed E-state index contributed by atoms with van der Waals surface area (Å²) in [6.45, 7) is 4.34. The standard InChI is InChI=1S/C17H24N2O3S2/c1-11-5-4-6-15(12(11)2)19(3)24(21,22)13-7-8-16-14(9-13)18-17(20)10-23-16/h7-9,11-12,15H,4-6,10H2,1-3H3,(H,18,20)/t11-,12-,15-/m1/s1. The molecule has 0 unspecified atom stereocenters. The average Bonchev–Trinajstić information content (AvgIpc) is 2.56. The van der Waals surface area contributed by atoms with E-state index in [1.54, 1.807) is 25.2 Å². The van der Waals surface area contributed by atoms with Gasteiger partial charge < -0.3 is 5.32 Å². The van der Waals surface area contributed by atoms with E-state index in [4.69, 9.17) is 0 Å². The van der Waals surface area contributed by atoms with Crippen molar-refractivity contribution in [1.82, 2.24) is 4.31 Å². The Morgan fingerprint density at radius 3 is 2.75 bits per heavy atom. The van der Waals surface area contributed by atoms with Gasteiger partial charge in [0.2, 0.25) is 15.9 Å². The first-order valence-electron chi connectivity index (χ1n) is 8.35. The van der Waals surface area contributed by atoms with Crippen LogP contribution < -0.4 is 5.32 Å². The molecule has 3 rings (SSSR count). The lowest BCUT2D eigenvalue weighted by Crippen LogP contribution is -2.44. The predicted octanol–water partition coefficient (Wildman–Crippen LogP) is 3.18. The molecule has 1 fully saturated rings. The molecule has 2 aliphatic rings. The van der Waals surface area contributed by atoms with Gasteiger partial charge in [0.05, 0.1) is 16.3 Å². The second-order valence-corrected chi connectivity index (χ2v) is 9.87. The Labute approximate surface area is 148 Å². The fraction of sp³-hybridized carbons (Fsp3) is 0.588. The minimum atomic E-state index is -3.57. The highest BCUT2D eigenvalue weighted by Crippen LogP contribution is 2.37. The van der Waals surface area contributed by atoms with Gasteiger partial charge in [0, 0.05) is 18.0 Å². The van der Waals surface area contributed by atoms with Crippen molar-refractivity contribution < 1.29 is 13.2 Å². The van der Waals surface area contributed by atoms with Gasteiger partial charge in [-0.25, -0.2) is 8.42 Å². The maximum Gasteiger partial charge on any atom is 0.243 e. The second kappa shape index (κ2) is 6.69. The monoisotopic (exact) mass is 368 g/mol.